The van der Waals surface area contributed by atoms with E-state index in [1.54, 1.807) is 6.92 Å². The van der Waals surface area contributed by atoms with Gasteiger partial charge in [0, 0.05) is 6.20 Å². The lowest BCUT2D eigenvalue weighted by Gasteiger charge is -2.24. The number of nitrogens with one attached hydrogen (secondary N) is 1. The fourth-order valence-electron chi connectivity index (χ4n) is 1.82. The number of aryl methyl sites for hydroxylation is 1. The second kappa shape index (κ2) is 4.66. The van der Waals surface area contributed by atoms with Gasteiger partial charge in [-0.3, -0.25) is 9.78 Å². The Kier molecular flexibility index (Phi) is 3.29. The number of carbonyl (C=O) groups is 2. The molecule has 6 nitrogen and oxygen atoms in total. The number of alkyl halides is 1. The van der Waals surface area contributed by atoms with Crippen LogP contribution in [-0.2, 0) is 4.79 Å². The molecule has 2 N–H and O–H groups in total. The quantitative estimate of drug-likeness (QED) is 0.864. The van der Waals surface area contributed by atoms with E-state index in [4.69, 9.17) is 5.11 Å². The fourth-order valence-corrected chi connectivity index (χ4v) is 1.82. The van der Waals surface area contributed by atoms with E-state index in [0.717, 1.165) is 0 Å². The Morgan fingerprint density at radius 3 is 2.70 bits per heavy atom. The van der Waals surface area contributed by atoms with Gasteiger partial charge in [0.05, 0.1) is 5.56 Å². The summed E-state index contributed by atoms with van der Waals surface area (Å²) >= 11 is 0. The molecule has 0 saturated carbocycles. The molecule has 2 atom stereocenters. The largest absolute Gasteiger partial charge is 0.478 e. The molecule has 1 amide bonds. The maximum Gasteiger partial charge on any atom is 0.336 e. The molecule has 0 fully saturated rings. The van der Waals surface area contributed by atoms with Crippen molar-refractivity contribution < 1.29 is 19.1 Å². The molecule has 2 unspecified atom stereocenters. The van der Waals surface area contributed by atoms with Gasteiger partial charge in [-0.15, -0.1) is 0 Å². The van der Waals surface area contributed by atoms with Crippen molar-refractivity contribution in [2.24, 2.45) is 4.99 Å². The molecule has 1 aromatic heterocycles. The molecule has 0 bridgehead atoms. The third-order valence-corrected chi connectivity index (χ3v) is 3.41. The van der Waals surface area contributed by atoms with Crippen LogP contribution < -0.4 is 5.32 Å². The van der Waals surface area contributed by atoms with Gasteiger partial charge in [-0.1, -0.05) is 0 Å². The summed E-state index contributed by atoms with van der Waals surface area (Å²) in [5, 5.41) is 11.7. The number of hydrogen-bond acceptors (Lipinski definition) is 4. The topological polar surface area (TPSA) is 91.7 Å². The number of aromatic nitrogens is 1. The minimum absolute atomic E-state index is 0.0637. The van der Waals surface area contributed by atoms with Gasteiger partial charge in [0.15, 0.2) is 5.84 Å². The van der Waals surface area contributed by atoms with E-state index in [1.807, 2.05) is 0 Å². The van der Waals surface area contributed by atoms with Crippen molar-refractivity contribution in [3.63, 3.8) is 0 Å². The number of pyridine rings is 1. The van der Waals surface area contributed by atoms with Gasteiger partial charge in [0.1, 0.15) is 17.4 Å². The Labute approximate surface area is 114 Å². The van der Waals surface area contributed by atoms with Crippen molar-refractivity contribution in [2.75, 3.05) is 0 Å². The fraction of sp³-hybridized carbons (Fsp3) is 0.385. The highest BCUT2D eigenvalue weighted by molar-refractivity contribution is 6.13. The average Bonchev–Trinajstić information content (AvgIpc) is 2.67. The number of halogens is 1. The molecule has 0 aromatic carbocycles. The van der Waals surface area contributed by atoms with E-state index in [2.05, 4.69) is 15.3 Å². The minimum atomic E-state index is -1.44. The number of hydrogen-bond donors (Lipinski definition) is 2. The zero-order chi connectivity index (χ0) is 15.1. The first-order valence-electron chi connectivity index (χ1n) is 6.01. The van der Waals surface area contributed by atoms with E-state index in [-0.39, 0.29) is 17.1 Å². The molecule has 0 spiro atoms. The van der Waals surface area contributed by atoms with Crippen LogP contribution in [0.2, 0.25) is 0 Å². The molecule has 0 saturated heterocycles. The normalized spacial score (nSPS) is 23.2. The van der Waals surface area contributed by atoms with Gasteiger partial charge in [-0.05, 0) is 32.4 Å². The predicted octanol–water partition coefficient (Wildman–Crippen LogP) is 1.08. The summed E-state index contributed by atoms with van der Waals surface area (Å²) in [6.45, 7) is 4.28. The lowest BCUT2D eigenvalue weighted by molar-refractivity contribution is -0.123. The van der Waals surface area contributed by atoms with Crippen LogP contribution in [0.3, 0.4) is 0 Å². The van der Waals surface area contributed by atoms with Gasteiger partial charge >= 0.3 is 5.97 Å². The standard InChI is InChI=1S/C13H14FN3O3/c1-6-5-15-9(4-8(6)11(18)19)10-16-12(20)13(3,17-10)7(2)14/h4-5,7H,1-3H3,(H,18,19)(H,16,17,20). The van der Waals surface area contributed by atoms with E-state index < -0.39 is 23.6 Å². The van der Waals surface area contributed by atoms with E-state index >= 15 is 0 Å². The van der Waals surface area contributed by atoms with Crippen LogP contribution in [0, 0.1) is 6.92 Å². The Morgan fingerprint density at radius 2 is 2.20 bits per heavy atom. The Bertz CT molecular complexity index is 627. The zero-order valence-corrected chi connectivity index (χ0v) is 11.3. The Hall–Kier alpha value is -2.31. The van der Waals surface area contributed by atoms with Crippen LogP contribution >= 0.6 is 0 Å². The van der Waals surface area contributed by atoms with E-state index in [9.17, 15) is 14.0 Å². The smallest absolute Gasteiger partial charge is 0.336 e. The molecule has 106 valence electrons. The summed E-state index contributed by atoms with van der Waals surface area (Å²) in [5.41, 5.74) is -0.682. The van der Waals surface area contributed by atoms with Gasteiger partial charge in [-0.2, -0.15) is 4.99 Å². The molecule has 2 heterocycles. The summed E-state index contributed by atoms with van der Waals surface area (Å²) in [6.07, 6.45) is -0.0669. The van der Waals surface area contributed by atoms with E-state index in [0.29, 0.717) is 5.56 Å². The van der Waals surface area contributed by atoms with Crippen LogP contribution in [0.15, 0.2) is 17.3 Å². The monoisotopic (exact) mass is 279 g/mol. The van der Waals surface area contributed by atoms with Gasteiger partial charge < -0.3 is 10.4 Å². The van der Waals surface area contributed by atoms with Gasteiger partial charge in [0.2, 0.25) is 0 Å². The SMILES string of the molecule is Cc1cnc(C2=NC(=O)C(C)(C(C)F)N2)cc1C(=O)O. The van der Waals surface area contributed by atoms with Crippen molar-refractivity contribution in [1.82, 2.24) is 10.3 Å². The van der Waals surface area contributed by atoms with Crippen molar-refractivity contribution in [3.8, 4) is 0 Å². The highest BCUT2D eigenvalue weighted by Gasteiger charge is 2.45. The Balaban J connectivity index is 2.40. The molecule has 7 heteroatoms. The zero-order valence-electron chi connectivity index (χ0n) is 11.3. The molecule has 1 aromatic rings. The molecule has 2 rings (SSSR count). The molecular weight excluding hydrogens is 265 g/mol. The van der Waals surface area contributed by atoms with Gasteiger partial charge in [-0.25, -0.2) is 9.18 Å². The number of carbonyl (C=O) groups excluding carboxylic acids is 1. The summed E-state index contributed by atoms with van der Waals surface area (Å²) in [7, 11) is 0. The first kappa shape index (κ1) is 14.1. The Morgan fingerprint density at radius 1 is 1.55 bits per heavy atom. The van der Waals surface area contributed by atoms with Crippen LogP contribution in [0.1, 0.15) is 35.5 Å². The highest BCUT2D eigenvalue weighted by atomic mass is 19.1. The first-order valence-corrected chi connectivity index (χ1v) is 6.01. The van der Waals surface area contributed by atoms with Crippen LogP contribution in [-0.4, -0.2) is 39.5 Å². The number of rotatable bonds is 3. The molecule has 1 aliphatic heterocycles. The van der Waals surface area contributed by atoms with Gasteiger partial charge in [0.25, 0.3) is 5.91 Å². The summed E-state index contributed by atoms with van der Waals surface area (Å²) in [4.78, 5) is 30.6. The summed E-state index contributed by atoms with van der Waals surface area (Å²) < 4.78 is 13.5. The van der Waals surface area contributed by atoms with Crippen molar-refractivity contribution >= 4 is 17.7 Å². The molecule has 1 aliphatic rings. The summed E-state index contributed by atoms with van der Waals surface area (Å²) in [5.74, 6) is -1.65. The number of nitrogens with zero attached hydrogens (tertiary/aromatic N) is 2. The average molecular weight is 279 g/mol. The number of carboxylic acids is 1. The summed E-state index contributed by atoms with van der Waals surface area (Å²) in [6, 6.07) is 1.31. The van der Waals surface area contributed by atoms with Crippen LogP contribution in [0.5, 0.6) is 0 Å². The lowest BCUT2D eigenvalue weighted by atomic mass is 9.97. The maximum atomic E-state index is 13.5. The highest BCUT2D eigenvalue weighted by Crippen LogP contribution is 2.22. The lowest BCUT2D eigenvalue weighted by Crippen LogP contribution is -2.52. The predicted molar refractivity (Wildman–Crippen MR) is 69.6 cm³/mol. The van der Waals surface area contributed by atoms with E-state index in [1.165, 1.54) is 26.1 Å². The molecule has 20 heavy (non-hydrogen) atoms. The number of carboxylic acid groups (broad SMARTS) is 1. The van der Waals surface area contributed by atoms with Crippen molar-refractivity contribution in [1.29, 1.82) is 0 Å². The number of amides is 1. The minimum Gasteiger partial charge on any atom is -0.478 e. The van der Waals surface area contributed by atoms with Crippen molar-refractivity contribution in [3.05, 3.63) is 29.1 Å². The second-order valence-electron chi connectivity index (χ2n) is 4.90. The van der Waals surface area contributed by atoms with Crippen LogP contribution in [0.25, 0.3) is 0 Å². The number of aromatic carboxylic acids is 1. The molecular formula is C13H14FN3O3. The maximum absolute atomic E-state index is 13.5. The second-order valence-corrected chi connectivity index (χ2v) is 4.90. The molecule has 0 aliphatic carbocycles. The number of aliphatic imine (C=N–C) groups is 1. The third-order valence-electron chi connectivity index (χ3n) is 3.41. The van der Waals surface area contributed by atoms with Crippen LogP contribution in [0.4, 0.5) is 4.39 Å². The van der Waals surface area contributed by atoms with Crippen molar-refractivity contribution in [2.45, 2.75) is 32.5 Å². The third kappa shape index (κ3) is 2.15. The number of amidine groups is 1. The first-order chi connectivity index (χ1) is 9.25. The molecule has 0 radical (unpaired) electrons.